The molecule has 0 spiro atoms. The summed E-state index contributed by atoms with van der Waals surface area (Å²) in [6.07, 6.45) is 2.69. The quantitative estimate of drug-likeness (QED) is 0.553. The topological polar surface area (TPSA) is 103 Å². The van der Waals surface area contributed by atoms with E-state index in [1.807, 2.05) is 84.0 Å². The summed E-state index contributed by atoms with van der Waals surface area (Å²) < 4.78 is 16.1. The van der Waals surface area contributed by atoms with Gasteiger partial charge in [-0.15, -0.1) is 0 Å². The second-order valence-corrected chi connectivity index (χ2v) is 11.6. The van der Waals surface area contributed by atoms with Gasteiger partial charge < -0.3 is 19.5 Å². The molecule has 2 aliphatic rings. The summed E-state index contributed by atoms with van der Waals surface area (Å²) in [5.74, 6) is -0.355. The number of rotatable bonds is 2. The lowest BCUT2D eigenvalue weighted by molar-refractivity contribution is -0.158. The molecule has 2 unspecified atom stereocenters. The third-order valence-corrected chi connectivity index (χ3v) is 6.04. The van der Waals surface area contributed by atoms with Crippen LogP contribution in [0.4, 0.5) is 0 Å². The molecule has 0 fully saturated rings. The molecule has 0 saturated carbocycles. The molecular formula is C31H40N2O6. The summed E-state index contributed by atoms with van der Waals surface area (Å²) in [4.78, 5) is 40.7. The van der Waals surface area contributed by atoms with Crippen molar-refractivity contribution in [3.63, 3.8) is 0 Å². The van der Waals surface area contributed by atoms with Gasteiger partial charge in [-0.2, -0.15) is 0 Å². The fourth-order valence-electron chi connectivity index (χ4n) is 4.34. The number of carbonyl (C=O) groups is 3. The molecule has 2 atom stereocenters. The Morgan fingerprint density at radius 3 is 1.90 bits per heavy atom. The summed E-state index contributed by atoms with van der Waals surface area (Å²) in [6, 6.07) is 14.3. The Labute approximate surface area is 231 Å². The lowest BCUT2D eigenvalue weighted by Gasteiger charge is -2.23. The number of carbonyl (C=O) groups excluding carboxylic acids is 3. The minimum atomic E-state index is -0.570. The molecule has 210 valence electrons. The van der Waals surface area contributed by atoms with Crippen LogP contribution in [0.25, 0.3) is 0 Å². The average Bonchev–Trinajstić information content (AvgIpc) is 3.15. The highest BCUT2D eigenvalue weighted by molar-refractivity contribution is 5.99. The number of hydrogen-bond donors (Lipinski definition) is 1. The van der Waals surface area contributed by atoms with Crippen LogP contribution < -0.4 is 5.32 Å². The first kappa shape index (κ1) is 29.9. The maximum Gasteiger partial charge on any atom is 0.331 e. The van der Waals surface area contributed by atoms with E-state index in [4.69, 9.17) is 14.2 Å². The van der Waals surface area contributed by atoms with Crippen LogP contribution in [0.1, 0.15) is 81.4 Å². The second kappa shape index (κ2) is 12.5. The first-order chi connectivity index (χ1) is 18.3. The third-order valence-electron chi connectivity index (χ3n) is 6.04. The van der Waals surface area contributed by atoms with Gasteiger partial charge in [0.2, 0.25) is 5.90 Å². The summed E-state index contributed by atoms with van der Waals surface area (Å²) in [5.41, 5.74) is 2.69. The highest BCUT2D eigenvalue weighted by atomic mass is 16.6. The zero-order valence-corrected chi connectivity index (χ0v) is 24.0. The summed E-state index contributed by atoms with van der Waals surface area (Å²) in [7, 11) is 1.58. The zero-order chi connectivity index (χ0) is 28.8. The van der Waals surface area contributed by atoms with Gasteiger partial charge in [0, 0.05) is 11.1 Å². The molecular weight excluding hydrogens is 496 g/mol. The Bertz CT molecular complexity index is 1220. The first-order valence-electron chi connectivity index (χ1n) is 13.3. The number of aliphatic imine (C=N–C) groups is 1. The lowest BCUT2D eigenvalue weighted by Crippen LogP contribution is -2.43. The van der Waals surface area contributed by atoms with Crippen molar-refractivity contribution in [2.45, 2.75) is 90.5 Å². The van der Waals surface area contributed by atoms with Gasteiger partial charge in [0.15, 0.2) is 6.04 Å². The van der Waals surface area contributed by atoms with Crippen molar-refractivity contribution < 1.29 is 28.6 Å². The number of ether oxygens (including phenoxy) is 3. The van der Waals surface area contributed by atoms with Crippen molar-refractivity contribution in [3.05, 3.63) is 70.8 Å². The molecule has 0 aliphatic carbocycles. The lowest BCUT2D eigenvalue weighted by atomic mass is 10.0. The van der Waals surface area contributed by atoms with Crippen LogP contribution in [0.3, 0.4) is 0 Å². The number of aryl methyl sites for hydroxylation is 2. The van der Waals surface area contributed by atoms with E-state index in [1.54, 1.807) is 13.2 Å². The zero-order valence-electron chi connectivity index (χ0n) is 24.0. The van der Waals surface area contributed by atoms with Crippen LogP contribution >= 0.6 is 0 Å². The van der Waals surface area contributed by atoms with Gasteiger partial charge in [0.05, 0.1) is 7.11 Å². The van der Waals surface area contributed by atoms with E-state index in [0.717, 1.165) is 23.1 Å². The van der Waals surface area contributed by atoms with Gasteiger partial charge in [-0.3, -0.25) is 4.79 Å². The predicted octanol–water partition coefficient (Wildman–Crippen LogP) is 4.81. The summed E-state index contributed by atoms with van der Waals surface area (Å²) in [6.45, 7) is 11.0. The van der Waals surface area contributed by atoms with E-state index in [1.165, 1.54) is 0 Å². The fraction of sp³-hybridized carbons (Fsp3) is 0.484. The van der Waals surface area contributed by atoms with E-state index in [2.05, 4.69) is 10.3 Å². The second-order valence-electron chi connectivity index (χ2n) is 11.6. The van der Waals surface area contributed by atoms with E-state index >= 15 is 0 Å². The van der Waals surface area contributed by atoms with Crippen molar-refractivity contribution >= 4 is 23.7 Å². The molecule has 2 aromatic carbocycles. The predicted molar refractivity (Wildman–Crippen MR) is 150 cm³/mol. The molecule has 2 heterocycles. The Hall–Kier alpha value is -3.68. The number of nitrogens with zero attached hydrogens (tertiary/aromatic N) is 1. The summed E-state index contributed by atoms with van der Waals surface area (Å²) >= 11 is 0. The monoisotopic (exact) mass is 536 g/mol. The summed E-state index contributed by atoms with van der Waals surface area (Å²) in [5, 5.41) is 2.74. The fourth-order valence-corrected chi connectivity index (χ4v) is 4.34. The van der Waals surface area contributed by atoms with Crippen LogP contribution in [-0.2, 0) is 36.6 Å². The highest BCUT2D eigenvalue weighted by Crippen LogP contribution is 2.22. The number of benzene rings is 2. The van der Waals surface area contributed by atoms with Gasteiger partial charge in [-0.1, -0.05) is 36.4 Å². The molecule has 8 heteroatoms. The number of hydrogen-bond acceptors (Lipinski definition) is 7. The molecule has 0 saturated heterocycles. The Morgan fingerprint density at radius 1 is 0.795 bits per heavy atom. The van der Waals surface area contributed by atoms with Crippen LogP contribution in [0.2, 0.25) is 0 Å². The van der Waals surface area contributed by atoms with Gasteiger partial charge >= 0.3 is 11.9 Å². The standard InChI is InChI=1S/C16H21NO3.C15H19NO3/c1-16(2,3)20-15(18)13-10-9-11-7-5-6-8-12(11)14(17-13)19-4;1-15(2,3)19-14(18)12-9-8-10-6-4-5-7-11(10)13(17)16-12/h5-8,13H,9-10H2,1-4H3;4-7,12H,8-9H2,1-3H3,(H,16,17). The largest absolute Gasteiger partial charge is 0.481 e. The Balaban J connectivity index is 0.000000216. The first-order valence-corrected chi connectivity index (χ1v) is 13.3. The molecule has 1 N–H and O–H groups in total. The van der Waals surface area contributed by atoms with Crippen molar-refractivity contribution in [2.24, 2.45) is 4.99 Å². The van der Waals surface area contributed by atoms with Crippen LogP contribution in [0.5, 0.6) is 0 Å². The smallest absolute Gasteiger partial charge is 0.331 e. The van der Waals surface area contributed by atoms with Gasteiger partial charge in [-0.05, 0) is 90.5 Å². The maximum atomic E-state index is 12.2. The van der Waals surface area contributed by atoms with Crippen LogP contribution in [0, 0.1) is 0 Å². The van der Waals surface area contributed by atoms with Crippen LogP contribution in [-0.4, -0.2) is 54.1 Å². The number of methoxy groups -OCH3 is 1. The van der Waals surface area contributed by atoms with Crippen molar-refractivity contribution in [3.8, 4) is 0 Å². The Morgan fingerprint density at radius 2 is 1.31 bits per heavy atom. The molecule has 0 bridgehead atoms. The number of amides is 1. The number of fused-ring (bicyclic) bond motifs is 2. The molecule has 0 radical (unpaired) electrons. The van der Waals surface area contributed by atoms with Crippen molar-refractivity contribution in [1.29, 1.82) is 0 Å². The number of esters is 2. The molecule has 0 aromatic heterocycles. The van der Waals surface area contributed by atoms with Crippen LogP contribution in [0.15, 0.2) is 53.5 Å². The SMILES string of the molecule is CC(C)(C)OC(=O)C1CCc2ccccc2C(=O)N1.COC1=NC(C(=O)OC(C)(C)C)CCc2ccccc21. The minimum Gasteiger partial charge on any atom is -0.481 e. The van der Waals surface area contributed by atoms with Crippen molar-refractivity contribution in [1.82, 2.24) is 5.32 Å². The minimum absolute atomic E-state index is 0.205. The van der Waals surface area contributed by atoms with Gasteiger partial charge in [0.1, 0.15) is 17.2 Å². The van der Waals surface area contributed by atoms with Gasteiger partial charge in [0.25, 0.3) is 5.91 Å². The third kappa shape index (κ3) is 8.67. The average molecular weight is 537 g/mol. The molecule has 1 amide bonds. The Kier molecular flexibility index (Phi) is 9.54. The van der Waals surface area contributed by atoms with E-state index in [-0.39, 0.29) is 17.8 Å². The molecule has 8 nitrogen and oxygen atoms in total. The van der Waals surface area contributed by atoms with Gasteiger partial charge in [-0.25, -0.2) is 14.6 Å². The highest BCUT2D eigenvalue weighted by Gasteiger charge is 2.30. The van der Waals surface area contributed by atoms with E-state index < -0.39 is 23.3 Å². The molecule has 2 aromatic rings. The molecule has 39 heavy (non-hydrogen) atoms. The molecule has 4 rings (SSSR count). The number of nitrogens with one attached hydrogen (secondary N) is 1. The van der Waals surface area contributed by atoms with E-state index in [0.29, 0.717) is 30.7 Å². The normalized spacial score (nSPS) is 18.8. The maximum absolute atomic E-state index is 12.2. The molecule has 2 aliphatic heterocycles. The van der Waals surface area contributed by atoms with Crippen molar-refractivity contribution in [2.75, 3.05) is 7.11 Å². The van der Waals surface area contributed by atoms with E-state index in [9.17, 15) is 14.4 Å².